The van der Waals surface area contributed by atoms with Crippen LogP contribution in [0.5, 0.6) is 0 Å². The first-order valence-corrected chi connectivity index (χ1v) is 14.8. The lowest BCUT2D eigenvalue weighted by atomic mass is 10.0. The molecule has 0 bridgehead atoms. The van der Waals surface area contributed by atoms with Crippen molar-refractivity contribution in [1.82, 2.24) is 20.0 Å². The largest absolute Gasteiger partial charge is 0.369 e. The van der Waals surface area contributed by atoms with E-state index in [-0.39, 0.29) is 54.5 Å². The summed E-state index contributed by atoms with van der Waals surface area (Å²) >= 11 is 0. The van der Waals surface area contributed by atoms with Crippen LogP contribution in [0.2, 0.25) is 0 Å². The van der Waals surface area contributed by atoms with Crippen molar-refractivity contribution in [1.29, 1.82) is 0 Å². The number of hydrogen-bond donors (Lipinski definition) is 2. The van der Waals surface area contributed by atoms with Crippen LogP contribution in [0, 0.1) is 11.8 Å². The average molecular weight is 555 g/mol. The fraction of sp³-hybridized carbons (Fsp3) is 0.667. The van der Waals surface area contributed by atoms with Gasteiger partial charge in [-0.25, -0.2) is 0 Å². The van der Waals surface area contributed by atoms with E-state index < -0.39 is 12.1 Å². The van der Waals surface area contributed by atoms with E-state index in [4.69, 9.17) is 5.73 Å². The molecule has 3 aliphatic rings. The van der Waals surface area contributed by atoms with Crippen molar-refractivity contribution in [3.63, 3.8) is 0 Å². The van der Waals surface area contributed by atoms with Gasteiger partial charge in [-0.3, -0.25) is 19.2 Å². The van der Waals surface area contributed by atoms with E-state index in [0.29, 0.717) is 31.4 Å². The Hall–Kier alpha value is -2.98. The molecule has 4 atom stereocenters. The summed E-state index contributed by atoms with van der Waals surface area (Å²) in [5.41, 5.74) is 7.44. The Kier molecular flexibility index (Phi) is 9.84. The van der Waals surface area contributed by atoms with Gasteiger partial charge < -0.3 is 30.7 Å². The van der Waals surface area contributed by atoms with Crippen LogP contribution in [0.3, 0.4) is 0 Å². The van der Waals surface area contributed by atoms with Crippen LogP contribution in [-0.4, -0.2) is 109 Å². The molecule has 0 aromatic heterocycles. The third-order valence-corrected chi connectivity index (χ3v) is 8.57. The van der Waals surface area contributed by atoms with Gasteiger partial charge in [-0.05, 0) is 56.5 Å². The number of Topliss-reactive ketones (excluding diaryl/α,β-unsaturated/α-hetero) is 1. The van der Waals surface area contributed by atoms with Crippen molar-refractivity contribution in [2.45, 2.75) is 64.6 Å². The quantitative estimate of drug-likeness (QED) is 0.448. The molecule has 3 N–H and O–H groups in total. The van der Waals surface area contributed by atoms with Crippen LogP contribution in [0.15, 0.2) is 24.3 Å². The highest BCUT2D eigenvalue weighted by atomic mass is 16.2. The van der Waals surface area contributed by atoms with Crippen LogP contribution in [0.25, 0.3) is 0 Å². The lowest BCUT2D eigenvalue weighted by molar-refractivity contribution is -0.138. The van der Waals surface area contributed by atoms with Crippen molar-refractivity contribution in [3.8, 4) is 0 Å². The number of piperazine rings is 1. The Morgan fingerprint density at radius 1 is 1.00 bits per heavy atom. The Morgan fingerprint density at radius 3 is 2.27 bits per heavy atom. The van der Waals surface area contributed by atoms with Crippen molar-refractivity contribution < 1.29 is 19.2 Å². The third kappa shape index (κ3) is 6.49. The molecule has 1 aromatic carbocycles. The molecule has 3 fully saturated rings. The molecule has 3 saturated heterocycles. The van der Waals surface area contributed by atoms with Gasteiger partial charge in [0, 0.05) is 50.5 Å². The standard InChI is InChI=1S/C30H46N6O4/c1-5-6-22(18-31)29(39)36-19-26(37)27-25(36)11-12-35(27)30(40)24(17-20(2)3)32-28(38)21-7-9-23(10-8-21)34-15-13-33(4)14-16-34/h7-10,20,22,24-25,27H,5-6,11-19,31H2,1-4H3,(H,32,38). The number of anilines is 1. The minimum absolute atomic E-state index is 0.0129. The fourth-order valence-corrected chi connectivity index (χ4v) is 6.31. The molecular formula is C30H46N6O4. The number of likely N-dealkylation sites (tertiary alicyclic amines) is 2. The molecule has 10 heteroatoms. The summed E-state index contributed by atoms with van der Waals surface area (Å²) in [7, 11) is 2.12. The number of likely N-dealkylation sites (N-methyl/N-ethyl adjacent to an activating group) is 1. The molecule has 0 spiro atoms. The van der Waals surface area contributed by atoms with Crippen molar-refractivity contribution in [2.75, 3.05) is 57.8 Å². The minimum atomic E-state index is -0.752. The number of nitrogens with zero attached hydrogens (tertiary/aromatic N) is 4. The zero-order valence-corrected chi connectivity index (χ0v) is 24.5. The van der Waals surface area contributed by atoms with Gasteiger partial charge in [0.2, 0.25) is 11.8 Å². The third-order valence-electron chi connectivity index (χ3n) is 8.57. The number of nitrogens with one attached hydrogen (secondary N) is 1. The second-order valence-electron chi connectivity index (χ2n) is 12.0. The first-order valence-electron chi connectivity index (χ1n) is 14.8. The van der Waals surface area contributed by atoms with Crippen LogP contribution in [0.4, 0.5) is 5.69 Å². The second kappa shape index (κ2) is 13.1. The van der Waals surface area contributed by atoms with E-state index in [2.05, 4.69) is 22.2 Å². The molecular weight excluding hydrogens is 508 g/mol. The number of fused-ring (bicyclic) bond motifs is 1. The normalized spacial score (nSPS) is 22.9. The zero-order valence-electron chi connectivity index (χ0n) is 24.5. The van der Waals surface area contributed by atoms with Gasteiger partial charge in [0.25, 0.3) is 5.91 Å². The second-order valence-corrected chi connectivity index (χ2v) is 12.0. The molecule has 40 heavy (non-hydrogen) atoms. The Bertz CT molecular complexity index is 1070. The van der Waals surface area contributed by atoms with E-state index >= 15 is 0 Å². The van der Waals surface area contributed by atoms with Crippen molar-refractivity contribution in [3.05, 3.63) is 29.8 Å². The summed E-state index contributed by atoms with van der Waals surface area (Å²) in [6.07, 6.45) is 2.52. The van der Waals surface area contributed by atoms with Gasteiger partial charge in [0.05, 0.1) is 18.5 Å². The molecule has 10 nitrogen and oxygen atoms in total. The first kappa shape index (κ1) is 30.0. The minimum Gasteiger partial charge on any atom is -0.369 e. The highest BCUT2D eigenvalue weighted by molar-refractivity contribution is 6.01. The molecule has 0 saturated carbocycles. The molecule has 3 amide bonds. The molecule has 1 aromatic rings. The number of ketones is 1. The summed E-state index contributed by atoms with van der Waals surface area (Å²) in [6, 6.07) is 5.79. The predicted octanol–water partition coefficient (Wildman–Crippen LogP) is 1.34. The lowest BCUT2D eigenvalue weighted by Gasteiger charge is -2.34. The van der Waals surface area contributed by atoms with E-state index in [9.17, 15) is 19.2 Å². The molecule has 0 aliphatic carbocycles. The van der Waals surface area contributed by atoms with Crippen LogP contribution >= 0.6 is 0 Å². The number of amides is 3. The summed E-state index contributed by atoms with van der Waals surface area (Å²) in [6.45, 7) is 10.5. The predicted molar refractivity (Wildman–Crippen MR) is 155 cm³/mol. The number of carbonyl (C=O) groups excluding carboxylic acids is 4. The number of hydrogen-bond acceptors (Lipinski definition) is 7. The van der Waals surface area contributed by atoms with Crippen LogP contribution < -0.4 is 16.0 Å². The molecule has 3 aliphatic heterocycles. The Balaban J connectivity index is 1.44. The van der Waals surface area contributed by atoms with Gasteiger partial charge in [-0.1, -0.05) is 27.2 Å². The molecule has 4 unspecified atom stereocenters. The molecule has 4 rings (SSSR count). The van der Waals surface area contributed by atoms with Crippen LogP contribution in [0.1, 0.15) is 56.8 Å². The summed E-state index contributed by atoms with van der Waals surface area (Å²) in [5, 5.41) is 2.96. The summed E-state index contributed by atoms with van der Waals surface area (Å²) < 4.78 is 0. The van der Waals surface area contributed by atoms with Crippen molar-refractivity contribution >= 4 is 29.2 Å². The maximum absolute atomic E-state index is 13.8. The number of nitrogens with two attached hydrogens (primary N) is 1. The van der Waals surface area contributed by atoms with Gasteiger partial charge in [0.15, 0.2) is 5.78 Å². The highest BCUT2D eigenvalue weighted by Gasteiger charge is 2.52. The highest BCUT2D eigenvalue weighted by Crippen LogP contribution is 2.32. The van der Waals surface area contributed by atoms with Crippen molar-refractivity contribution in [2.24, 2.45) is 17.6 Å². The number of rotatable bonds is 10. The zero-order chi connectivity index (χ0) is 29.0. The first-order chi connectivity index (χ1) is 19.1. The van der Waals surface area contributed by atoms with Gasteiger partial charge in [-0.2, -0.15) is 0 Å². The molecule has 3 heterocycles. The number of benzene rings is 1. The van der Waals surface area contributed by atoms with Gasteiger partial charge >= 0.3 is 0 Å². The van der Waals surface area contributed by atoms with Gasteiger partial charge in [-0.15, -0.1) is 0 Å². The molecule has 0 radical (unpaired) electrons. The van der Waals surface area contributed by atoms with E-state index in [0.717, 1.165) is 38.3 Å². The molecule has 220 valence electrons. The Labute approximate surface area is 238 Å². The number of carbonyl (C=O) groups is 4. The van der Waals surface area contributed by atoms with Gasteiger partial charge in [0.1, 0.15) is 12.1 Å². The SMILES string of the molecule is CCCC(CN)C(=O)N1CC(=O)C2C1CCN2C(=O)C(CC(C)C)NC(=O)c1ccc(N2CCN(C)CC2)cc1. The smallest absolute Gasteiger partial charge is 0.251 e. The van der Waals surface area contributed by atoms with E-state index in [1.165, 1.54) is 0 Å². The summed E-state index contributed by atoms with van der Waals surface area (Å²) in [5.74, 6) is -0.923. The summed E-state index contributed by atoms with van der Waals surface area (Å²) in [4.78, 5) is 61.2. The average Bonchev–Trinajstić information content (AvgIpc) is 3.52. The Morgan fingerprint density at radius 2 is 1.68 bits per heavy atom. The van der Waals surface area contributed by atoms with Crippen LogP contribution in [-0.2, 0) is 14.4 Å². The monoisotopic (exact) mass is 554 g/mol. The lowest BCUT2D eigenvalue weighted by Crippen LogP contribution is -2.53. The maximum atomic E-state index is 13.8. The van der Waals surface area contributed by atoms with E-state index in [1.807, 2.05) is 32.9 Å². The van der Waals surface area contributed by atoms with E-state index in [1.54, 1.807) is 21.9 Å². The fourth-order valence-electron chi connectivity index (χ4n) is 6.31. The topological polar surface area (TPSA) is 119 Å². The maximum Gasteiger partial charge on any atom is 0.251 e.